The topological polar surface area (TPSA) is 58.1 Å². The van der Waals surface area contributed by atoms with Gasteiger partial charge < -0.3 is 10.2 Å². The molecule has 1 aliphatic heterocycles. The van der Waals surface area contributed by atoms with Crippen molar-refractivity contribution in [1.29, 1.82) is 0 Å². The normalized spacial score (nSPS) is 15.4. The van der Waals surface area contributed by atoms with Crippen LogP contribution in [0, 0.1) is 0 Å². The zero-order valence-electron chi connectivity index (χ0n) is 10.3. The summed E-state index contributed by atoms with van der Waals surface area (Å²) >= 11 is 0. The molecule has 5 nitrogen and oxygen atoms in total. The van der Waals surface area contributed by atoms with Crippen molar-refractivity contribution in [2.75, 3.05) is 18.4 Å². The maximum Gasteiger partial charge on any atom is 0.272 e. The van der Waals surface area contributed by atoms with Crippen molar-refractivity contribution < 1.29 is 4.79 Å². The molecule has 1 fully saturated rings. The molecule has 0 saturated carbocycles. The molecule has 1 saturated heterocycles. The number of carbonyl (C=O) groups is 1. The van der Waals surface area contributed by atoms with Crippen LogP contribution in [0.3, 0.4) is 0 Å². The van der Waals surface area contributed by atoms with Crippen LogP contribution in [0.4, 0.5) is 5.82 Å². The van der Waals surface area contributed by atoms with Crippen molar-refractivity contribution in [3.8, 4) is 0 Å². The van der Waals surface area contributed by atoms with Gasteiger partial charge >= 0.3 is 0 Å². The van der Waals surface area contributed by atoms with E-state index in [9.17, 15) is 4.79 Å². The molecule has 92 valence electrons. The summed E-state index contributed by atoms with van der Waals surface area (Å²) in [6.45, 7) is 5.75. The molecule has 0 bridgehead atoms. The highest BCUT2D eigenvalue weighted by Crippen LogP contribution is 2.13. The molecule has 5 heteroatoms. The van der Waals surface area contributed by atoms with E-state index in [2.05, 4.69) is 15.3 Å². The lowest BCUT2D eigenvalue weighted by molar-refractivity contribution is 0.0787. The van der Waals surface area contributed by atoms with Crippen molar-refractivity contribution in [2.45, 2.75) is 32.7 Å². The van der Waals surface area contributed by atoms with Crippen molar-refractivity contribution in [1.82, 2.24) is 14.9 Å². The van der Waals surface area contributed by atoms with Gasteiger partial charge in [-0.25, -0.2) is 9.97 Å². The van der Waals surface area contributed by atoms with Gasteiger partial charge in [0, 0.05) is 25.2 Å². The summed E-state index contributed by atoms with van der Waals surface area (Å²) in [5, 5.41) is 3.17. The predicted octanol–water partition coefficient (Wildman–Crippen LogP) is 1.53. The Morgan fingerprint density at radius 2 is 2.06 bits per heavy atom. The Morgan fingerprint density at radius 3 is 2.71 bits per heavy atom. The Hall–Kier alpha value is -1.65. The number of nitrogens with zero attached hydrogens (tertiary/aromatic N) is 3. The first-order chi connectivity index (χ1) is 8.16. The third kappa shape index (κ3) is 2.93. The van der Waals surface area contributed by atoms with E-state index in [4.69, 9.17) is 0 Å². The number of amides is 1. The minimum atomic E-state index is 0.0108. The summed E-state index contributed by atoms with van der Waals surface area (Å²) in [6, 6.07) is 2.01. The highest BCUT2D eigenvalue weighted by molar-refractivity contribution is 5.93. The lowest BCUT2D eigenvalue weighted by atomic mass is 10.3. The molecule has 0 atom stereocenters. The maximum absolute atomic E-state index is 12.1. The van der Waals surface area contributed by atoms with Crippen LogP contribution in [-0.2, 0) is 0 Å². The van der Waals surface area contributed by atoms with Crippen LogP contribution >= 0.6 is 0 Å². The Bertz CT molecular complexity index is 399. The molecular formula is C12H18N4O. The second-order valence-electron chi connectivity index (χ2n) is 4.59. The summed E-state index contributed by atoms with van der Waals surface area (Å²) in [5.74, 6) is 0.717. The number of likely N-dealkylation sites (tertiary alicyclic amines) is 1. The first kappa shape index (κ1) is 11.8. The summed E-state index contributed by atoms with van der Waals surface area (Å²) in [7, 11) is 0. The number of nitrogens with one attached hydrogen (secondary N) is 1. The van der Waals surface area contributed by atoms with E-state index >= 15 is 0 Å². The number of hydrogen-bond acceptors (Lipinski definition) is 4. The Kier molecular flexibility index (Phi) is 3.56. The predicted molar refractivity (Wildman–Crippen MR) is 65.9 cm³/mol. The third-order valence-electron chi connectivity index (χ3n) is 2.72. The van der Waals surface area contributed by atoms with Gasteiger partial charge in [0.15, 0.2) is 0 Å². The Balaban J connectivity index is 2.12. The van der Waals surface area contributed by atoms with Gasteiger partial charge in [-0.15, -0.1) is 0 Å². The molecule has 0 aliphatic carbocycles. The van der Waals surface area contributed by atoms with E-state index in [0.29, 0.717) is 17.6 Å². The fourth-order valence-electron chi connectivity index (χ4n) is 1.93. The van der Waals surface area contributed by atoms with Crippen LogP contribution in [0.15, 0.2) is 12.4 Å². The summed E-state index contributed by atoms with van der Waals surface area (Å²) in [5.41, 5.74) is 0.477. The van der Waals surface area contributed by atoms with Crippen molar-refractivity contribution in [2.24, 2.45) is 0 Å². The van der Waals surface area contributed by atoms with Gasteiger partial charge in [-0.3, -0.25) is 4.79 Å². The lowest BCUT2D eigenvalue weighted by Crippen LogP contribution is -2.28. The minimum Gasteiger partial charge on any atom is -0.368 e. The molecule has 2 heterocycles. The zero-order valence-corrected chi connectivity index (χ0v) is 10.3. The van der Waals surface area contributed by atoms with Crippen LogP contribution < -0.4 is 5.32 Å². The SMILES string of the molecule is CC(C)Nc1cc(C(=O)N2CCCC2)ncn1. The first-order valence-corrected chi connectivity index (χ1v) is 6.04. The fourth-order valence-corrected chi connectivity index (χ4v) is 1.93. The van der Waals surface area contributed by atoms with Crippen LogP contribution in [0.5, 0.6) is 0 Å². The smallest absolute Gasteiger partial charge is 0.272 e. The lowest BCUT2D eigenvalue weighted by Gasteiger charge is -2.15. The molecule has 1 aromatic heterocycles. The van der Waals surface area contributed by atoms with Gasteiger partial charge in [-0.05, 0) is 26.7 Å². The summed E-state index contributed by atoms with van der Waals surface area (Å²) in [4.78, 5) is 22.1. The van der Waals surface area contributed by atoms with E-state index in [0.717, 1.165) is 25.9 Å². The van der Waals surface area contributed by atoms with Crippen molar-refractivity contribution >= 4 is 11.7 Å². The Labute approximate surface area is 101 Å². The molecule has 17 heavy (non-hydrogen) atoms. The average Bonchev–Trinajstić information content (AvgIpc) is 2.81. The number of hydrogen-bond donors (Lipinski definition) is 1. The van der Waals surface area contributed by atoms with Gasteiger partial charge in [0.25, 0.3) is 5.91 Å². The molecule has 2 rings (SSSR count). The number of carbonyl (C=O) groups excluding carboxylic acids is 1. The van der Waals surface area contributed by atoms with E-state index in [1.807, 2.05) is 18.7 Å². The maximum atomic E-state index is 12.1. The summed E-state index contributed by atoms with van der Waals surface area (Å²) < 4.78 is 0. The zero-order chi connectivity index (χ0) is 12.3. The quantitative estimate of drug-likeness (QED) is 0.861. The monoisotopic (exact) mass is 234 g/mol. The Morgan fingerprint density at radius 1 is 1.35 bits per heavy atom. The second kappa shape index (κ2) is 5.12. The van der Waals surface area contributed by atoms with Crippen LogP contribution in [0.25, 0.3) is 0 Å². The summed E-state index contributed by atoms with van der Waals surface area (Å²) in [6.07, 6.45) is 3.62. The molecule has 1 amide bonds. The van der Waals surface area contributed by atoms with E-state index in [1.165, 1.54) is 6.33 Å². The van der Waals surface area contributed by atoms with Gasteiger partial charge in [0.2, 0.25) is 0 Å². The van der Waals surface area contributed by atoms with E-state index in [-0.39, 0.29) is 5.91 Å². The average molecular weight is 234 g/mol. The van der Waals surface area contributed by atoms with Crippen LogP contribution in [0.2, 0.25) is 0 Å². The largest absolute Gasteiger partial charge is 0.368 e. The van der Waals surface area contributed by atoms with Crippen molar-refractivity contribution in [3.63, 3.8) is 0 Å². The molecule has 0 spiro atoms. The van der Waals surface area contributed by atoms with E-state index in [1.54, 1.807) is 6.07 Å². The highest BCUT2D eigenvalue weighted by atomic mass is 16.2. The molecule has 1 aromatic rings. The molecule has 1 aliphatic rings. The first-order valence-electron chi connectivity index (χ1n) is 6.04. The van der Waals surface area contributed by atoms with Gasteiger partial charge in [0.05, 0.1) is 0 Å². The number of anilines is 1. The second-order valence-corrected chi connectivity index (χ2v) is 4.59. The molecule has 0 aromatic carbocycles. The molecule has 0 unspecified atom stereocenters. The number of rotatable bonds is 3. The van der Waals surface area contributed by atoms with Crippen LogP contribution in [-0.4, -0.2) is 39.9 Å². The molecular weight excluding hydrogens is 216 g/mol. The third-order valence-corrected chi connectivity index (χ3v) is 2.72. The number of aromatic nitrogens is 2. The van der Waals surface area contributed by atoms with Gasteiger partial charge in [-0.2, -0.15) is 0 Å². The van der Waals surface area contributed by atoms with Crippen molar-refractivity contribution in [3.05, 3.63) is 18.1 Å². The van der Waals surface area contributed by atoms with Crippen LogP contribution in [0.1, 0.15) is 37.2 Å². The van der Waals surface area contributed by atoms with Gasteiger partial charge in [-0.1, -0.05) is 0 Å². The minimum absolute atomic E-state index is 0.0108. The molecule has 0 radical (unpaired) electrons. The standard InChI is InChI=1S/C12H18N4O/c1-9(2)15-11-7-10(13-8-14-11)12(17)16-5-3-4-6-16/h7-9H,3-6H2,1-2H3,(H,13,14,15). The fraction of sp³-hybridized carbons (Fsp3) is 0.583. The van der Waals surface area contributed by atoms with E-state index < -0.39 is 0 Å². The molecule has 1 N–H and O–H groups in total. The highest BCUT2D eigenvalue weighted by Gasteiger charge is 2.20. The van der Waals surface area contributed by atoms with Gasteiger partial charge in [0.1, 0.15) is 17.8 Å².